The Morgan fingerprint density at radius 3 is 2.55 bits per heavy atom. The maximum absolute atomic E-state index is 11.8. The summed E-state index contributed by atoms with van der Waals surface area (Å²) in [6.07, 6.45) is 0. The van der Waals surface area contributed by atoms with Gasteiger partial charge in [-0.25, -0.2) is 18.2 Å². The van der Waals surface area contributed by atoms with Gasteiger partial charge in [0.05, 0.1) is 11.4 Å². The molecule has 6 nitrogen and oxygen atoms in total. The number of nitrogens with zero attached hydrogens (tertiary/aromatic N) is 3. The molecule has 0 aliphatic carbocycles. The predicted octanol–water partition coefficient (Wildman–Crippen LogP) is 1.77. The first-order valence-corrected chi connectivity index (χ1v) is 7.88. The zero-order chi connectivity index (χ0) is 15.1. The van der Waals surface area contributed by atoms with Crippen LogP contribution in [-0.4, -0.2) is 18.2 Å². The summed E-state index contributed by atoms with van der Waals surface area (Å²) in [6, 6.07) is 7.14. The van der Waals surface area contributed by atoms with Crippen molar-refractivity contribution < 1.29 is 8.42 Å². The lowest BCUT2D eigenvalue weighted by molar-refractivity contribution is 0.587. The van der Waals surface area contributed by atoms with E-state index in [1.807, 2.05) is 19.1 Å². The fourth-order valence-corrected chi connectivity index (χ4v) is 3.25. The zero-order valence-electron chi connectivity index (χ0n) is 10.8. The number of sulfonamides is 1. The van der Waals surface area contributed by atoms with Crippen LogP contribution in [0.1, 0.15) is 16.8 Å². The van der Waals surface area contributed by atoms with Crippen LogP contribution in [0.5, 0.6) is 0 Å². The van der Waals surface area contributed by atoms with Crippen LogP contribution in [0.3, 0.4) is 0 Å². The van der Waals surface area contributed by atoms with Crippen molar-refractivity contribution in [3.63, 3.8) is 0 Å². The number of primary sulfonamides is 1. The van der Waals surface area contributed by atoms with Gasteiger partial charge in [-0.1, -0.05) is 15.9 Å². The second-order valence-corrected chi connectivity index (χ2v) is 6.66. The van der Waals surface area contributed by atoms with Crippen LogP contribution in [0.2, 0.25) is 0 Å². The van der Waals surface area contributed by atoms with Gasteiger partial charge in [-0.2, -0.15) is 10.4 Å². The molecule has 0 radical (unpaired) electrons. The molecule has 2 aromatic rings. The second-order valence-electron chi connectivity index (χ2n) is 4.26. The van der Waals surface area contributed by atoms with Gasteiger partial charge in [0.1, 0.15) is 11.6 Å². The smallest absolute Gasteiger partial charge is 0.223 e. The monoisotopic (exact) mass is 354 g/mol. The fraction of sp³-hybridized carbons (Fsp3) is 0.167. The number of hydrogen-bond donors (Lipinski definition) is 1. The quantitative estimate of drug-likeness (QED) is 0.887. The van der Waals surface area contributed by atoms with E-state index in [0.717, 1.165) is 10.0 Å². The molecule has 0 bridgehead atoms. The molecule has 0 spiro atoms. The van der Waals surface area contributed by atoms with E-state index in [1.54, 1.807) is 19.1 Å². The largest absolute Gasteiger partial charge is 0.257 e. The summed E-state index contributed by atoms with van der Waals surface area (Å²) in [4.78, 5) is 0. The van der Waals surface area contributed by atoms with Gasteiger partial charge in [0, 0.05) is 4.47 Å². The third-order valence-electron chi connectivity index (χ3n) is 2.79. The number of benzene rings is 1. The summed E-state index contributed by atoms with van der Waals surface area (Å²) in [7, 11) is -4.06. The molecule has 8 heteroatoms. The van der Waals surface area contributed by atoms with Gasteiger partial charge in [0.25, 0.3) is 10.0 Å². The summed E-state index contributed by atoms with van der Waals surface area (Å²) < 4.78 is 25.6. The first-order chi connectivity index (χ1) is 9.25. The summed E-state index contributed by atoms with van der Waals surface area (Å²) in [5, 5.41) is 18.2. The number of aryl methyl sites for hydroxylation is 2. The molecule has 20 heavy (non-hydrogen) atoms. The van der Waals surface area contributed by atoms with Crippen LogP contribution < -0.4 is 5.14 Å². The van der Waals surface area contributed by atoms with Gasteiger partial charge in [-0.05, 0) is 37.6 Å². The highest BCUT2D eigenvalue weighted by atomic mass is 79.9. The van der Waals surface area contributed by atoms with Gasteiger partial charge in [0.2, 0.25) is 0 Å². The maximum Gasteiger partial charge on any atom is 0.257 e. The minimum atomic E-state index is -4.06. The van der Waals surface area contributed by atoms with Crippen LogP contribution in [0.4, 0.5) is 0 Å². The topological polar surface area (TPSA) is 102 Å². The Kier molecular flexibility index (Phi) is 3.69. The summed E-state index contributed by atoms with van der Waals surface area (Å²) in [5.74, 6) is 0. The lowest BCUT2D eigenvalue weighted by atomic mass is 10.2. The molecule has 1 aromatic carbocycles. The van der Waals surface area contributed by atoms with Gasteiger partial charge in [-0.15, -0.1) is 0 Å². The SMILES string of the molecule is Cc1cc(Br)ccc1-n1nc(C)c(C#N)c1S(N)(=O)=O. The van der Waals surface area contributed by atoms with Crippen molar-refractivity contribution in [2.45, 2.75) is 18.9 Å². The summed E-state index contributed by atoms with van der Waals surface area (Å²) in [6.45, 7) is 3.38. The standard InChI is InChI=1S/C12H11BrN4O2S/c1-7-5-9(13)3-4-11(7)17-12(20(15,18)19)10(6-14)8(2)16-17/h3-5H,1-2H3,(H2,15,18,19). The van der Waals surface area contributed by atoms with E-state index in [-0.39, 0.29) is 10.6 Å². The molecule has 0 aliphatic heterocycles. The number of rotatable bonds is 2. The zero-order valence-corrected chi connectivity index (χ0v) is 13.2. The fourth-order valence-electron chi connectivity index (χ4n) is 1.92. The van der Waals surface area contributed by atoms with Crippen molar-refractivity contribution in [2.24, 2.45) is 5.14 Å². The van der Waals surface area contributed by atoms with E-state index in [2.05, 4.69) is 21.0 Å². The lowest BCUT2D eigenvalue weighted by Crippen LogP contribution is -2.18. The number of hydrogen-bond acceptors (Lipinski definition) is 4. The average molecular weight is 355 g/mol. The van der Waals surface area contributed by atoms with Crippen molar-refractivity contribution in [2.75, 3.05) is 0 Å². The van der Waals surface area contributed by atoms with Gasteiger partial charge < -0.3 is 0 Å². The van der Waals surface area contributed by atoms with Crippen molar-refractivity contribution >= 4 is 26.0 Å². The van der Waals surface area contributed by atoms with Gasteiger partial charge >= 0.3 is 0 Å². The molecule has 0 amide bonds. The highest BCUT2D eigenvalue weighted by molar-refractivity contribution is 9.10. The van der Waals surface area contributed by atoms with Crippen LogP contribution in [0.25, 0.3) is 5.69 Å². The normalized spacial score (nSPS) is 11.3. The molecular formula is C12H11BrN4O2S. The molecule has 1 aromatic heterocycles. The third-order valence-corrected chi connectivity index (χ3v) is 4.20. The molecule has 1 heterocycles. The van der Waals surface area contributed by atoms with Crippen LogP contribution in [-0.2, 0) is 10.0 Å². The Morgan fingerprint density at radius 1 is 1.40 bits per heavy atom. The van der Waals surface area contributed by atoms with E-state index < -0.39 is 10.0 Å². The highest BCUT2D eigenvalue weighted by Crippen LogP contribution is 2.25. The molecule has 0 fully saturated rings. The highest BCUT2D eigenvalue weighted by Gasteiger charge is 2.25. The summed E-state index contributed by atoms with van der Waals surface area (Å²) in [5.41, 5.74) is 1.65. The van der Waals surface area contributed by atoms with Gasteiger partial charge in [-0.3, -0.25) is 0 Å². The molecule has 0 saturated heterocycles. The van der Waals surface area contributed by atoms with Crippen LogP contribution >= 0.6 is 15.9 Å². The molecule has 2 N–H and O–H groups in total. The van der Waals surface area contributed by atoms with Crippen molar-refractivity contribution in [1.82, 2.24) is 9.78 Å². The van der Waals surface area contributed by atoms with Crippen molar-refractivity contribution in [3.05, 3.63) is 39.5 Å². The van der Waals surface area contributed by atoms with Crippen molar-refractivity contribution in [3.8, 4) is 11.8 Å². The molecular weight excluding hydrogens is 344 g/mol. The molecule has 0 saturated carbocycles. The molecule has 0 aliphatic rings. The number of nitriles is 1. The Hall–Kier alpha value is -1.69. The first-order valence-electron chi connectivity index (χ1n) is 5.54. The Balaban J connectivity index is 2.86. The summed E-state index contributed by atoms with van der Waals surface area (Å²) >= 11 is 3.34. The number of halogens is 1. The minimum absolute atomic E-state index is 0.0326. The van der Waals surface area contributed by atoms with E-state index in [4.69, 9.17) is 10.4 Å². The average Bonchev–Trinajstić information content (AvgIpc) is 2.65. The maximum atomic E-state index is 11.8. The van der Waals surface area contributed by atoms with Crippen LogP contribution in [0.15, 0.2) is 27.7 Å². The third kappa shape index (κ3) is 2.47. The second kappa shape index (κ2) is 5.01. The minimum Gasteiger partial charge on any atom is -0.223 e. The molecule has 2 rings (SSSR count). The molecule has 0 atom stereocenters. The van der Waals surface area contributed by atoms with E-state index in [9.17, 15) is 8.42 Å². The Bertz CT molecular complexity index is 834. The predicted molar refractivity (Wildman–Crippen MR) is 76.8 cm³/mol. The van der Waals surface area contributed by atoms with Gasteiger partial charge in [0.15, 0.2) is 5.03 Å². The Morgan fingerprint density at radius 2 is 2.05 bits per heavy atom. The lowest BCUT2D eigenvalue weighted by Gasteiger charge is -2.09. The first kappa shape index (κ1) is 14.7. The van der Waals surface area contributed by atoms with E-state index >= 15 is 0 Å². The molecule has 104 valence electrons. The van der Waals surface area contributed by atoms with Crippen molar-refractivity contribution in [1.29, 1.82) is 5.26 Å². The van der Waals surface area contributed by atoms with E-state index in [1.165, 1.54) is 4.68 Å². The Labute approximate surface area is 125 Å². The van der Waals surface area contributed by atoms with Crippen LogP contribution in [0, 0.1) is 25.2 Å². The van der Waals surface area contributed by atoms with E-state index in [0.29, 0.717) is 11.4 Å². The number of nitrogens with two attached hydrogens (primary N) is 1. The number of aromatic nitrogens is 2. The molecule has 0 unspecified atom stereocenters.